The molecule has 52 valence electrons. The van der Waals surface area contributed by atoms with Crippen LogP contribution in [0.1, 0.15) is 30.5 Å². The van der Waals surface area contributed by atoms with Gasteiger partial charge in [-0.2, -0.15) is 0 Å². The van der Waals surface area contributed by atoms with Crippen molar-refractivity contribution in [2.24, 2.45) is 0 Å². The van der Waals surface area contributed by atoms with E-state index in [0.29, 0.717) is 5.41 Å². The molecule has 0 spiro atoms. The van der Waals surface area contributed by atoms with Gasteiger partial charge in [-0.1, -0.05) is 37.6 Å². The molecule has 0 saturated carbocycles. The molecule has 0 amide bonds. The van der Waals surface area contributed by atoms with Gasteiger partial charge in [0.15, 0.2) is 0 Å². The highest BCUT2D eigenvalue weighted by molar-refractivity contribution is 5.51. The molecule has 2 aliphatic carbocycles. The van der Waals surface area contributed by atoms with Gasteiger partial charge < -0.3 is 0 Å². The Morgan fingerprint density at radius 1 is 1.00 bits per heavy atom. The van der Waals surface area contributed by atoms with E-state index in [-0.39, 0.29) is 0 Å². The second kappa shape index (κ2) is 1.45. The summed E-state index contributed by atoms with van der Waals surface area (Å²) >= 11 is 0. The molecule has 1 aromatic rings. The topological polar surface area (TPSA) is 0 Å². The summed E-state index contributed by atoms with van der Waals surface area (Å²) in [5.41, 5.74) is 4.73. The van der Waals surface area contributed by atoms with E-state index in [1.54, 1.807) is 0 Å². The molecule has 0 N–H and O–H groups in total. The Morgan fingerprint density at radius 2 is 1.50 bits per heavy atom. The third-order valence-corrected chi connectivity index (χ3v) is 2.52. The smallest absolute Gasteiger partial charge is 0.0146 e. The van der Waals surface area contributed by atoms with Gasteiger partial charge in [-0.15, -0.1) is 0 Å². The molecule has 2 bridgehead atoms. The Labute approximate surface area is 61.9 Å². The van der Waals surface area contributed by atoms with E-state index in [4.69, 9.17) is 0 Å². The lowest BCUT2D eigenvalue weighted by Gasteiger charge is -2.36. The van der Waals surface area contributed by atoms with Crippen LogP contribution in [0.2, 0.25) is 0 Å². The summed E-state index contributed by atoms with van der Waals surface area (Å²) in [7, 11) is 0. The quantitative estimate of drug-likeness (QED) is 0.509. The first-order chi connectivity index (χ1) is 4.60. The minimum atomic E-state index is 0.361. The monoisotopic (exact) mass is 132 g/mol. The highest BCUT2D eigenvalue weighted by Crippen LogP contribution is 2.41. The molecule has 0 aliphatic heterocycles. The predicted octanol–water partition coefficient (Wildman–Crippen LogP) is 2.63. The van der Waals surface area contributed by atoms with Crippen molar-refractivity contribution in [3.63, 3.8) is 0 Å². The van der Waals surface area contributed by atoms with Gasteiger partial charge in [-0.3, -0.25) is 0 Å². The average Bonchev–Trinajstić information content (AvgIpc) is 1.87. The third-order valence-electron chi connectivity index (χ3n) is 2.52. The van der Waals surface area contributed by atoms with Crippen LogP contribution < -0.4 is 0 Å². The van der Waals surface area contributed by atoms with Crippen LogP contribution in [0.4, 0.5) is 0 Å². The van der Waals surface area contributed by atoms with Crippen LogP contribution in [-0.2, 0) is 5.41 Å². The summed E-state index contributed by atoms with van der Waals surface area (Å²) in [6.45, 7) is 6.70. The number of aryl methyl sites for hydroxylation is 1. The van der Waals surface area contributed by atoms with Crippen LogP contribution in [0.25, 0.3) is 0 Å². The first-order valence-corrected chi connectivity index (χ1v) is 3.73. The van der Waals surface area contributed by atoms with Gasteiger partial charge in [-0.05, 0) is 18.1 Å². The first kappa shape index (κ1) is 5.96. The SMILES string of the molecule is Cc1cc2cc(c1)C2(C)C. The van der Waals surface area contributed by atoms with E-state index < -0.39 is 0 Å². The standard InChI is InChI=1S/C10H12/c1-7-4-8-6-9(5-7)10(8,2)3/h4-6H,1-3H3. The Morgan fingerprint density at radius 3 is 1.80 bits per heavy atom. The van der Waals surface area contributed by atoms with Crippen molar-refractivity contribution in [3.8, 4) is 0 Å². The molecule has 2 aliphatic rings. The molecule has 0 heterocycles. The van der Waals surface area contributed by atoms with Crippen molar-refractivity contribution >= 4 is 0 Å². The van der Waals surface area contributed by atoms with E-state index in [2.05, 4.69) is 39.0 Å². The molecule has 3 rings (SSSR count). The van der Waals surface area contributed by atoms with Crippen molar-refractivity contribution in [1.82, 2.24) is 0 Å². The van der Waals surface area contributed by atoms with Gasteiger partial charge in [0.05, 0.1) is 0 Å². The summed E-state index contributed by atoms with van der Waals surface area (Å²) in [6, 6.07) is 6.81. The number of hydrogen-bond donors (Lipinski definition) is 0. The molecule has 0 aromatic heterocycles. The van der Waals surface area contributed by atoms with Crippen molar-refractivity contribution in [2.45, 2.75) is 26.2 Å². The summed E-state index contributed by atoms with van der Waals surface area (Å²) in [4.78, 5) is 0. The maximum atomic E-state index is 2.27. The fraction of sp³-hybridized carbons (Fsp3) is 0.400. The minimum Gasteiger partial charge on any atom is -0.0552 e. The predicted molar refractivity (Wildman–Crippen MR) is 43.3 cm³/mol. The molecule has 0 radical (unpaired) electrons. The van der Waals surface area contributed by atoms with Gasteiger partial charge in [-0.25, -0.2) is 0 Å². The van der Waals surface area contributed by atoms with Gasteiger partial charge in [0.1, 0.15) is 0 Å². The summed E-state index contributed by atoms with van der Waals surface area (Å²) in [5, 5.41) is 0. The van der Waals surface area contributed by atoms with Gasteiger partial charge in [0.25, 0.3) is 0 Å². The number of fused-ring (bicyclic) bond motifs is 2. The molecule has 10 heavy (non-hydrogen) atoms. The second-order valence-electron chi connectivity index (χ2n) is 3.71. The normalized spacial score (nSPS) is 18.3. The van der Waals surface area contributed by atoms with Crippen LogP contribution in [0.5, 0.6) is 0 Å². The third kappa shape index (κ3) is 0.518. The summed E-state index contributed by atoms with van der Waals surface area (Å²) in [6.07, 6.45) is 0. The molecule has 1 aromatic carbocycles. The highest BCUT2D eigenvalue weighted by atomic mass is 14.3. The zero-order valence-corrected chi connectivity index (χ0v) is 6.73. The number of hydrogen-bond acceptors (Lipinski definition) is 0. The van der Waals surface area contributed by atoms with Gasteiger partial charge >= 0.3 is 0 Å². The number of rotatable bonds is 0. The molecule has 0 heteroatoms. The molecule has 0 atom stereocenters. The summed E-state index contributed by atoms with van der Waals surface area (Å²) < 4.78 is 0. The Hall–Kier alpha value is -0.780. The fourth-order valence-corrected chi connectivity index (χ4v) is 1.59. The maximum absolute atomic E-state index is 2.27. The van der Waals surface area contributed by atoms with Gasteiger partial charge in [0, 0.05) is 5.41 Å². The Balaban J connectivity index is 2.62. The zero-order valence-electron chi connectivity index (χ0n) is 6.73. The maximum Gasteiger partial charge on any atom is 0.0146 e. The van der Waals surface area contributed by atoms with E-state index >= 15 is 0 Å². The molecule has 0 unspecified atom stereocenters. The molecular formula is C10H12. The molecule has 0 fully saturated rings. The summed E-state index contributed by atoms with van der Waals surface area (Å²) in [5.74, 6) is 0. The first-order valence-electron chi connectivity index (χ1n) is 3.73. The largest absolute Gasteiger partial charge is 0.0552 e. The van der Waals surface area contributed by atoms with E-state index in [0.717, 1.165) is 0 Å². The molecular weight excluding hydrogens is 120 g/mol. The van der Waals surface area contributed by atoms with Crippen molar-refractivity contribution < 1.29 is 0 Å². The van der Waals surface area contributed by atoms with Crippen molar-refractivity contribution in [2.75, 3.05) is 0 Å². The van der Waals surface area contributed by atoms with Crippen LogP contribution >= 0.6 is 0 Å². The number of benzene rings is 1. The Kier molecular flexibility index (Phi) is 0.862. The second-order valence-corrected chi connectivity index (χ2v) is 3.71. The van der Waals surface area contributed by atoms with Crippen LogP contribution in [0.3, 0.4) is 0 Å². The lowest BCUT2D eigenvalue weighted by molar-refractivity contribution is 0.593. The fourth-order valence-electron chi connectivity index (χ4n) is 1.59. The highest BCUT2D eigenvalue weighted by Gasteiger charge is 2.31. The van der Waals surface area contributed by atoms with Crippen LogP contribution in [0.15, 0.2) is 18.2 Å². The van der Waals surface area contributed by atoms with Crippen molar-refractivity contribution in [1.29, 1.82) is 0 Å². The van der Waals surface area contributed by atoms with Crippen molar-refractivity contribution in [3.05, 3.63) is 34.9 Å². The Bertz CT molecular complexity index is 258. The van der Waals surface area contributed by atoms with Crippen LogP contribution in [-0.4, -0.2) is 0 Å². The average molecular weight is 132 g/mol. The zero-order chi connectivity index (χ0) is 7.35. The lowest BCUT2D eigenvalue weighted by atomic mass is 9.68. The molecule has 0 saturated heterocycles. The van der Waals surface area contributed by atoms with Gasteiger partial charge in [0.2, 0.25) is 0 Å². The van der Waals surface area contributed by atoms with E-state index in [9.17, 15) is 0 Å². The van der Waals surface area contributed by atoms with Crippen LogP contribution in [0, 0.1) is 6.92 Å². The lowest BCUT2D eigenvalue weighted by Crippen LogP contribution is -2.27. The molecule has 0 nitrogen and oxygen atoms in total. The minimum absolute atomic E-state index is 0.361. The van der Waals surface area contributed by atoms with E-state index in [1.807, 2.05) is 0 Å². The van der Waals surface area contributed by atoms with E-state index in [1.165, 1.54) is 16.7 Å².